The van der Waals surface area contributed by atoms with Crippen molar-refractivity contribution in [1.29, 1.82) is 0 Å². The van der Waals surface area contributed by atoms with E-state index in [0.29, 0.717) is 35.5 Å². The summed E-state index contributed by atoms with van der Waals surface area (Å²) in [6.45, 7) is 3.80. The molecule has 6 heteroatoms. The van der Waals surface area contributed by atoms with Crippen LogP contribution in [0.25, 0.3) is 0 Å². The van der Waals surface area contributed by atoms with E-state index in [0.717, 1.165) is 0 Å². The molecule has 1 aromatic carbocycles. The van der Waals surface area contributed by atoms with Crippen molar-refractivity contribution in [1.82, 2.24) is 5.16 Å². The number of nitrogens with zero attached hydrogens (tertiary/aromatic N) is 1. The number of benzene rings is 1. The monoisotopic (exact) mass is 282 g/mol. The second kappa shape index (κ2) is 6.00. The van der Waals surface area contributed by atoms with Gasteiger partial charge in [-0.2, -0.15) is 0 Å². The van der Waals surface area contributed by atoms with Crippen molar-refractivity contribution in [2.75, 3.05) is 6.54 Å². The van der Waals surface area contributed by atoms with Crippen LogP contribution in [0, 0.1) is 25.5 Å². The number of aryl methyl sites for hydroxylation is 2. The van der Waals surface area contributed by atoms with Gasteiger partial charge in [0.05, 0.1) is 11.3 Å². The molecule has 2 aromatic rings. The predicted octanol–water partition coefficient (Wildman–Crippen LogP) is 2.65. The second-order valence-corrected chi connectivity index (χ2v) is 4.52. The average molecular weight is 282 g/mol. The molecular weight excluding hydrogens is 266 g/mol. The van der Waals surface area contributed by atoms with Gasteiger partial charge in [-0.25, -0.2) is 8.78 Å². The van der Waals surface area contributed by atoms with Crippen LogP contribution < -0.4 is 10.5 Å². The highest BCUT2D eigenvalue weighted by Crippen LogP contribution is 2.25. The Kier molecular flexibility index (Phi) is 4.34. The Labute approximate surface area is 115 Å². The van der Waals surface area contributed by atoms with Gasteiger partial charge in [0.25, 0.3) is 0 Å². The first kappa shape index (κ1) is 14.5. The molecule has 0 unspecified atom stereocenters. The van der Waals surface area contributed by atoms with Crippen LogP contribution in [0.4, 0.5) is 8.78 Å². The SMILES string of the molecule is Cc1noc(C)c1COc1c(F)cc(CCN)cc1F. The Hall–Kier alpha value is -1.95. The van der Waals surface area contributed by atoms with E-state index in [4.69, 9.17) is 15.0 Å². The van der Waals surface area contributed by atoms with Crippen LogP contribution in [0.3, 0.4) is 0 Å². The standard InChI is InChI=1S/C14H16F2N2O2/c1-8-11(9(2)20-18-8)7-19-14-12(15)5-10(3-4-17)6-13(14)16/h5-6H,3-4,7,17H2,1-2H3. The predicted molar refractivity (Wildman–Crippen MR) is 69.4 cm³/mol. The zero-order valence-electron chi connectivity index (χ0n) is 11.4. The van der Waals surface area contributed by atoms with E-state index < -0.39 is 17.4 Å². The van der Waals surface area contributed by atoms with Crippen molar-refractivity contribution in [2.45, 2.75) is 26.9 Å². The summed E-state index contributed by atoms with van der Waals surface area (Å²) in [6, 6.07) is 2.47. The largest absolute Gasteiger partial charge is 0.483 e. The number of aromatic nitrogens is 1. The molecule has 1 heterocycles. The molecule has 1 aromatic heterocycles. The summed E-state index contributed by atoms with van der Waals surface area (Å²) in [5, 5.41) is 3.76. The molecular formula is C14H16F2N2O2. The normalized spacial score (nSPS) is 10.8. The second-order valence-electron chi connectivity index (χ2n) is 4.52. The van der Waals surface area contributed by atoms with Crippen molar-refractivity contribution in [3.8, 4) is 5.75 Å². The smallest absolute Gasteiger partial charge is 0.191 e. The quantitative estimate of drug-likeness (QED) is 0.915. The lowest BCUT2D eigenvalue weighted by atomic mass is 10.1. The maximum atomic E-state index is 13.8. The molecule has 20 heavy (non-hydrogen) atoms. The molecule has 0 bridgehead atoms. The number of rotatable bonds is 5. The highest BCUT2D eigenvalue weighted by Gasteiger charge is 2.15. The fourth-order valence-electron chi connectivity index (χ4n) is 1.91. The number of halogens is 2. The lowest BCUT2D eigenvalue weighted by Gasteiger charge is -2.09. The molecule has 4 nitrogen and oxygen atoms in total. The lowest BCUT2D eigenvalue weighted by molar-refractivity contribution is 0.270. The Balaban J connectivity index is 2.18. The molecule has 0 saturated heterocycles. The molecule has 2 rings (SSSR count). The molecule has 0 aliphatic carbocycles. The summed E-state index contributed by atoms with van der Waals surface area (Å²) >= 11 is 0. The van der Waals surface area contributed by atoms with Crippen LogP contribution in [0.2, 0.25) is 0 Å². The van der Waals surface area contributed by atoms with Gasteiger partial charge in [0, 0.05) is 0 Å². The minimum atomic E-state index is -0.736. The first-order valence-corrected chi connectivity index (χ1v) is 6.25. The van der Waals surface area contributed by atoms with Crippen LogP contribution in [-0.2, 0) is 13.0 Å². The molecule has 0 spiro atoms. The maximum absolute atomic E-state index is 13.8. The van der Waals surface area contributed by atoms with Crippen molar-refractivity contribution < 1.29 is 18.0 Å². The highest BCUT2D eigenvalue weighted by atomic mass is 19.1. The van der Waals surface area contributed by atoms with E-state index in [9.17, 15) is 8.78 Å². The van der Waals surface area contributed by atoms with Gasteiger partial charge in [0.1, 0.15) is 12.4 Å². The van der Waals surface area contributed by atoms with E-state index in [-0.39, 0.29) is 6.61 Å². The van der Waals surface area contributed by atoms with Gasteiger partial charge in [-0.3, -0.25) is 0 Å². The van der Waals surface area contributed by atoms with Crippen molar-refractivity contribution in [2.24, 2.45) is 5.73 Å². The zero-order chi connectivity index (χ0) is 14.7. The number of ether oxygens (including phenoxy) is 1. The molecule has 0 amide bonds. The summed E-state index contributed by atoms with van der Waals surface area (Å²) in [6.07, 6.45) is 0.415. The van der Waals surface area contributed by atoms with Gasteiger partial charge < -0.3 is 15.0 Å². The fourth-order valence-corrected chi connectivity index (χ4v) is 1.91. The van der Waals surface area contributed by atoms with Crippen molar-refractivity contribution in [3.63, 3.8) is 0 Å². The minimum Gasteiger partial charge on any atom is -0.483 e. The number of nitrogens with two attached hydrogens (primary N) is 1. The van der Waals surface area contributed by atoms with Gasteiger partial charge in [-0.1, -0.05) is 5.16 Å². The van der Waals surface area contributed by atoms with E-state index in [2.05, 4.69) is 5.16 Å². The zero-order valence-corrected chi connectivity index (χ0v) is 11.4. The first-order chi connectivity index (χ1) is 9.52. The van der Waals surface area contributed by atoms with E-state index in [1.807, 2.05) is 0 Å². The Morgan fingerprint density at radius 2 is 1.90 bits per heavy atom. The van der Waals surface area contributed by atoms with Crippen LogP contribution >= 0.6 is 0 Å². The van der Waals surface area contributed by atoms with E-state index in [1.165, 1.54) is 12.1 Å². The third-order valence-corrected chi connectivity index (χ3v) is 3.03. The van der Waals surface area contributed by atoms with Gasteiger partial charge in [-0.15, -0.1) is 0 Å². The summed E-state index contributed by atoms with van der Waals surface area (Å²) in [7, 11) is 0. The highest BCUT2D eigenvalue weighted by molar-refractivity contribution is 5.32. The molecule has 0 aliphatic rings. The van der Waals surface area contributed by atoms with E-state index >= 15 is 0 Å². The van der Waals surface area contributed by atoms with Crippen LogP contribution in [0.1, 0.15) is 22.6 Å². The average Bonchev–Trinajstić information content (AvgIpc) is 2.69. The number of hydrogen-bond donors (Lipinski definition) is 1. The molecule has 0 atom stereocenters. The molecule has 0 saturated carbocycles. The third kappa shape index (κ3) is 2.96. The molecule has 0 fully saturated rings. The topological polar surface area (TPSA) is 61.3 Å². The fraction of sp³-hybridized carbons (Fsp3) is 0.357. The number of hydrogen-bond acceptors (Lipinski definition) is 4. The van der Waals surface area contributed by atoms with Gasteiger partial charge >= 0.3 is 0 Å². The molecule has 0 radical (unpaired) electrons. The molecule has 108 valence electrons. The maximum Gasteiger partial charge on any atom is 0.191 e. The summed E-state index contributed by atoms with van der Waals surface area (Å²) in [5.74, 6) is -1.30. The van der Waals surface area contributed by atoms with Crippen LogP contribution in [-0.4, -0.2) is 11.7 Å². The Bertz CT molecular complexity index is 569. The summed E-state index contributed by atoms with van der Waals surface area (Å²) < 4.78 is 37.8. The van der Waals surface area contributed by atoms with Crippen molar-refractivity contribution >= 4 is 0 Å². The first-order valence-electron chi connectivity index (χ1n) is 6.25. The third-order valence-electron chi connectivity index (χ3n) is 3.03. The molecule has 2 N–H and O–H groups in total. The van der Waals surface area contributed by atoms with Crippen molar-refractivity contribution in [3.05, 3.63) is 46.3 Å². The Morgan fingerprint density at radius 1 is 1.25 bits per heavy atom. The van der Waals surface area contributed by atoms with Crippen LogP contribution in [0.5, 0.6) is 5.75 Å². The minimum absolute atomic E-state index is 0.00520. The summed E-state index contributed by atoms with van der Waals surface area (Å²) in [4.78, 5) is 0. The van der Waals surface area contributed by atoms with E-state index in [1.54, 1.807) is 13.8 Å². The van der Waals surface area contributed by atoms with Gasteiger partial charge in [0.2, 0.25) is 0 Å². The summed E-state index contributed by atoms with van der Waals surface area (Å²) in [5.41, 5.74) is 7.20. The molecule has 0 aliphatic heterocycles. The van der Waals surface area contributed by atoms with Crippen LogP contribution in [0.15, 0.2) is 16.7 Å². The lowest BCUT2D eigenvalue weighted by Crippen LogP contribution is -2.06. The Morgan fingerprint density at radius 3 is 2.40 bits per heavy atom. The van der Waals surface area contributed by atoms with Gasteiger partial charge in [-0.05, 0) is 44.5 Å². The van der Waals surface area contributed by atoms with Gasteiger partial charge in [0.15, 0.2) is 17.4 Å².